The van der Waals surface area contributed by atoms with Crippen molar-refractivity contribution < 1.29 is 9.90 Å². The van der Waals surface area contributed by atoms with E-state index in [0.717, 1.165) is 11.6 Å². The van der Waals surface area contributed by atoms with Gasteiger partial charge < -0.3 is 5.11 Å². The smallest absolute Gasteiger partial charge is 0.409 e. The van der Waals surface area contributed by atoms with E-state index >= 15 is 0 Å². The van der Waals surface area contributed by atoms with E-state index in [0.29, 0.717) is 5.70 Å². The largest absolute Gasteiger partial charge is 0.465 e. The lowest BCUT2D eigenvalue weighted by Gasteiger charge is -2.13. The van der Waals surface area contributed by atoms with Gasteiger partial charge in [-0.1, -0.05) is 48.6 Å². The Morgan fingerprint density at radius 2 is 1.90 bits per heavy atom. The average molecular weight is 275 g/mol. The molecule has 1 amide bonds. The van der Waals surface area contributed by atoms with Gasteiger partial charge in [-0.05, 0) is 44.8 Å². The Hall–Kier alpha value is -2.81. The van der Waals surface area contributed by atoms with E-state index in [1.54, 1.807) is 0 Å². The molecule has 4 rings (SSSR count). The number of allylic oxidation sites excluding steroid dienone is 3. The molecule has 0 fully saturated rings. The fraction of sp³-hybridized carbons (Fsp3) is 0.0556. The van der Waals surface area contributed by atoms with Crippen molar-refractivity contribution in [3.63, 3.8) is 0 Å². The highest BCUT2D eigenvalue weighted by Crippen LogP contribution is 2.22. The van der Waals surface area contributed by atoms with E-state index in [-0.39, 0.29) is 0 Å². The second-order valence-corrected chi connectivity index (χ2v) is 5.26. The van der Waals surface area contributed by atoms with Gasteiger partial charge in [0, 0.05) is 5.70 Å². The minimum Gasteiger partial charge on any atom is -0.465 e. The molecule has 0 atom stereocenters. The lowest BCUT2D eigenvalue weighted by Crippen LogP contribution is -2.24. The van der Waals surface area contributed by atoms with Gasteiger partial charge in [0.2, 0.25) is 0 Å². The summed E-state index contributed by atoms with van der Waals surface area (Å²) >= 11 is 0. The molecule has 0 spiro atoms. The highest BCUT2D eigenvalue weighted by molar-refractivity contribution is 5.96. The van der Waals surface area contributed by atoms with E-state index in [1.807, 2.05) is 12.2 Å². The summed E-state index contributed by atoms with van der Waals surface area (Å²) in [5.74, 6) is 0. The molecule has 0 saturated carbocycles. The molecule has 2 aromatic rings. The Kier molecular flexibility index (Phi) is 2.48. The predicted octanol–water partition coefficient (Wildman–Crippen LogP) is 2.14. The number of benzene rings is 2. The third-order valence-electron chi connectivity index (χ3n) is 4.05. The van der Waals surface area contributed by atoms with Crippen molar-refractivity contribution in [2.45, 2.75) is 6.42 Å². The SMILES string of the molecule is O=C(O)NC1=CCc2c(ccc3c4c(ccc23)=CC=C4)=C1. The highest BCUT2D eigenvalue weighted by atomic mass is 16.4. The van der Waals surface area contributed by atoms with Crippen LogP contribution in [0.15, 0.2) is 42.1 Å². The molecular weight excluding hydrogens is 262 g/mol. The molecule has 3 nitrogen and oxygen atoms in total. The van der Waals surface area contributed by atoms with Gasteiger partial charge in [-0.2, -0.15) is 0 Å². The molecule has 0 aromatic heterocycles. The van der Waals surface area contributed by atoms with Crippen molar-refractivity contribution in [2.75, 3.05) is 0 Å². The first-order valence-corrected chi connectivity index (χ1v) is 6.87. The highest BCUT2D eigenvalue weighted by Gasteiger charge is 2.11. The molecule has 3 heteroatoms. The van der Waals surface area contributed by atoms with Gasteiger partial charge in [0.25, 0.3) is 0 Å². The summed E-state index contributed by atoms with van der Waals surface area (Å²) in [6.07, 6.45) is 9.86. The zero-order valence-corrected chi connectivity index (χ0v) is 11.3. The molecule has 0 unspecified atom stereocenters. The first kappa shape index (κ1) is 12.0. The number of hydrogen-bond donors (Lipinski definition) is 2. The lowest BCUT2D eigenvalue weighted by atomic mass is 9.93. The molecule has 2 N–H and O–H groups in total. The number of carboxylic acid groups (broad SMARTS) is 1. The van der Waals surface area contributed by atoms with Crippen molar-refractivity contribution >= 4 is 35.1 Å². The number of carbonyl (C=O) groups is 1. The first-order chi connectivity index (χ1) is 10.2. The normalized spacial score (nSPS) is 14.8. The van der Waals surface area contributed by atoms with E-state index in [1.165, 1.54) is 27.1 Å². The third-order valence-corrected chi connectivity index (χ3v) is 4.05. The summed E-state index contributed by atoms with van der Waals surface area (Å²) < 4.78 is 0. The zero-order chi connectivity index (χ0) is 14.4. The van der Waals surface area contributed by atoms with Crippen LogP contribution in [0.3, 0.4) is 0 Å². The van der Waals surface area contributed by atoms with Crippen molar-refractivity contribution in [1.29, 1.82) is 0 Å². The van der Waals surface area contributed by atoms with Crippen LogP contribution in [0, 0.1) is 0 Å². The number of fused-ring (bicyclic) bond motifs is 5. The van der Waals surface area contributed by atoms with Gasteiger partial charge in [-0.15, -0.1) is 0 Å². The maximum atomic E-state index is 10.7. The minimum absolute atomic E-state index is 0.642. The van der Waals surface area contributed by atoms with Gasteiger partial charge in [-0.3, -0.25) is 5.32 Å². The van der Waals surface area contributed by atoms with Gasteiger partial charge >= 0.3 is 6.09 Å². The van der Waals surface area contributed by atoms with Crippen LogP contribution in [0.1, 0.15) is 11.1 Å². The van der Waals surface area contributed by atoms with Gasteiger partial charge in [0.15, 0.2) is 0 Å². The van der Waals surface area contributed by atoms with Crippen LogP contribution < -0.4 is 15.8 Å². The molecule has 0 saturated heterocycles. The van der Waals surface area contributed by atoms with Crippen LogP contribution >= 0.6 is 0 Å². The Bertz CT molecular complexity index is 965. The standard InChI is InChI=1S/C18H13NO2/c20-18(21)19-13-6-9-15-12(10-13)5-8-16-14-3-1-2-11(14)4-7-17(15)16/h1-8,10,19H,9H2,(H,20,21). The number of rotatable bonds is 1. The Morgan fingerprint density at radius 3 is 2.76 bits per heavy atom. The number of hydrogen-bond acceptors (Lipinski definition) is 1. The van der Waals surface area contributed by atoms with Gasteiger partial charge in [-0.25, -0.2) is 4.79 Å². The topological polar surface area (TPSA) is 49.3 Å². The monoisotopic (exact) mass is 275 g/mol. The summed E-state index contributed by atoms with van der Waals surface area (Å²) in [6, 6.07) is 8.50. The third kappa shape index (κ3) is 1.86. The molecule has 21 heavy (non-hydrogen) atoms. The second kappa shape index (κ2) is 4.35. The summed E-state index contributed by atoms with van der Waals surface area (Å²) in [6.45, 7) is 0. The van der Waals surface area contributed by atoms with Crippen molar-refractivity contribution in [3.8, 4) is 0 Å². The molecule has 0 radical (unpaired) electrons. The Balaban J connectivity index is 1.94. The molecule has 2 aliphatic carbocycles. The average Bonchev–Trinajstić information content (AvgIpc) is 2.94. The molecule has 0 heterocycles. The fourth-order valence-corrected chi connectivity index (χ4v) is 3.12. The van der Waals surface area contributed by atoms with Crippen LogP contribution in [0.4, 0.5) is 4.79 Å². The molecule has 0 aliphatic heterocycles. The van der Waals surface area contributed by atoms with E-state index in [9.17, 15) is 4.79 Å². The molecule has 102 valence electrons. The predicted molar refractivity (Wildman–Crippen MR) is 84.1 cm³/mol. The zero-order valence-electron chi connectivity index (χ0n) is 11.3. The van der Waals surface area contributed by atoms with Crippen molar-refractivity contribution in [2.24, 2.45) is 0 Å². The first-order valence-electron chi connectivity index (χ1n) is 6.87. The molecular formula is C18H13NO2. The quantitative estimate of drug-likeness (QED) is 0.837. The number of nitrogens with one attached hydrogen (secondary N) is 1. The van der Waals surface area contributed by atoms with Crippen molar-refractivity contribution in [3.05, 3.63) is 63.7 Å². The lowest BCUT2D eigenvalue weighted by molar-refractivity contribution is 0.198. The summed E-state index contributed by atoms with van der Waals surface area (Å²) in [5, 5.41) is 16.1. The van der Waals surface area contributed by atoms with E-state index in [4.69, 9.17) is 5.11 Å². The minimum atomic E-state index is -1.03. The summed E-state index contributed by atoms with van der Waals surface area (Å²) in [7, 11) is 0. The molecule has 2 aliphatic rings. The van der Waals surface area contributed by atoms with Crippen molar-refractivity contribution in [1.82, 2.24) is 5.32 Å². The van der Waals surface area contributed by atoms with E-state index in [2.05, 4.69) is 47.8 Å². The Morgan fingerprint density at radius 1 is 1.10 bits per heavy atom. The number of amides is 1. The second-order valence-electron chi connectivity index (χ2n) is 5.26. The van der Waals surface area contributed by atoms with Crippen LogP contribution in [0.5, 0.6) is 0 Å². The maximum Gasteiger partial charge on any atom is 0.409 e. The molecule has 0 bridgehead atoms. The van der Waals surface area contributed by atoms with Crippen LogP contribution in [0.25, 0.3) is 29.0 Å². The summed E-state index contributed by atoms with van der Waals surface area (Å²) in [5.41, 5.74) is 3.17. The van der Waals surface area contributed by atoms with Gasteiger partial charge in [0.05, 0.1) is 0 Å². The van der Waals surface area contributed by atoms with Gasteiger partial charge in [0.1, 0.15) is 0 Å². The van der Waals surface area contributed by atoms with E-state index < -0.39 is 6.09 Å². The van der Waals surface area contributed by atoms with Crippen LogP contribution in [0.2, 0.25) is 0 Å². The maximum absolute atomic E-state index is 10.7. The summed E-state index contributed by atoms with van der Waals surface area (Å²) in [4.78, 5) is 10.7. The van der Waals surface area contributed by atoms with Crippen LogP contribution in [-0.2, 0) is 6.42 Å². The fourth-order valence-electron chi connectivity index (χ4n) is 3.12. The Labute approximate surface area is 121 Å². The molecule has 2 aromatic carbocycles. The van der Waals surface area contributed by atoms with Crippen LogP contribution in [-0.4, -0.2) is 11.2 Å².